The Morgan fingerprint density at radius 3 is 2.31 bits per heavy atom. The highest BCUT2D eigenvalue weighted by molar-refractivity contribution is 5.97. The number of hydrogen-bond acceptors (Lipinski definition) is 3. The lowest BCUT2D eigenvalue weighted by Gasteiger charge is -2.35. The number of amides is 2. The van der Waals surface area contributed by atoms with Crippen molar-refractivity contribution >= 4 is 23.6 Å². The zero-order valence-electron chi connectivity index (χ0n) is 16.6. The molecule has 0 atom stereocenters. The lowest BCUT2D eigenvalue weighted by atomic mass is 10.2. The molecule has 2 amide bonds. The Hall–Kier alpha value is -2.99. The summed E-state index contributed by atoms with van der Waals surface area (Å²) in [6.45, 7) is 4.75. The van der Waals surface area contributed by atoms with Crippen LogP contribution >= 0.6 is 0 Å². The molecule has 1 fully saturated rings. The van der Waals surface area contributed by atoms with Gasteiger partial charge < -0.3 is 9.80 Å². The normalized spacial score (nSPS) is 14.9. The van der Waals surface area contributed by atoms with Gasteiger partial charge in [0.25, 0.3) is 0 Å². The summed E-state index contributed by atoms with van der Waals surface area (Å²) in [4.78, 5) is 29.9. The first-order chi connectivity index (χ1) is 14.0. The molecule has 1 aliphatic heterocycles. The summed E-state index contributed by atoms with van der Waals surface area (Å²) in [6.07, 6.45) is 4.22. The van der Waals surface area contributed by atoms with Crippen molar-refractivity contribution in [1.29, 1.82) is 0 Å². The van der Waals surface area contributed by atoms with Gasteiger partial charge in [-0.2, -0.15) is 0 Å². The number of halogens is 1. The zero-order chi connectivity index (χ0) is 20.6. The maximum Gasteiger partial charge on any atom is 0.242 e. The van der Waals surface area contributed by atoms with E-state index in [9.17, 15) is 14.0 Å². The third kappa shape index (κ3) is 5.74. The molecular weight excluding hydrogens is 369 g/mol. The van der Waals surface area contributed by atoms with Crippen LogP contribution in [-0.4, -0.2) is 60.9 Å². The minimum atomic E-state index is -0.509. The molecule has 3 rings (SSSR count). The molecule has 2 aromatic carbocycles. The molecule has 0 aliphatic carbocycles. The Morgan fingerprint density at radius 1 is 1.00 bits per heavy atom. The molecular formula is C23H26FN3O2. The van der Waals surface area contributed by atoms with Crippen molar-refractivity contribution in [3.8, 4) is 0 Å². The van der Waals surface area contributed by atoms with E-state index in [0.717, 1.165) is 19.6 Å². The smallest absolute Gasteiger partial charge is 0.242 e. The SMILES string of the molecule is CC(=O)N(CC(=O)N1CCN(C/C=C/c2ccccc2)CC1)c1ccccc1F. The molecule has 6 heteroatoms. The molecule has 5 nitrogen and oxygen atoms in total. The van der Waals surface area contributed by atoms with Crippen LogP contribution in [-0.2, 0) is 9.59 Å². The van der Waals surface area contributed by atoms with Crippen molar-refractivity contribution in [2.45, 2.75) is 6.92 Å². The second kappa shape index (κ2) is 9.98. The summed E-state index contributed by atoms with van der Waals surface area (Å²) in [7, 11) is 0. The Balaban J connectivity index is 1.51. The van der Waals surface area contributed by atoms with Gasteiger partial charge in [0.15, 0.2) is 0 Å². The van der Waals surface area contributed by atoms with Gasteiger partial charge in [-0.05, 0) is 17.7 Å². The van der Waals surface area contributed by atoms with E-state index in [1.165, 1.54) is 29.5 Å². The first-order valence-corrected chi connectivity index (χ1v) is 9.79. The molecule has 0 saturated carbocycles. The molecule has 1 heterocycles. The number of carbonyl (C=O) groups is 2. The summed E-state index contributed by atoms with van der Waals surface area (Å²) in [5.41, 5.74) is 1.30. The number of anilines is 1. The summed E-state index contributed by atoms with van der Waals surface area (Å²) >= 11 is 0. The van der Waals surface area contributed by atoms with Crippen LogP contribution < -0.4 is 4.90 Å². The topological polar surface area (TPSA) is 43.9 Å². The third-order valence-corrected chi connectivity index (χ3v) is 5.02. The van der Waals surface area contributed by atoms with E-state index in [1.54, 1.807) is 17.0 Å². The number of hydrogen-bond donors (Lipinski definition) is 0. The summed E-state index contributed by atoms with van der Waals surface area (Å²) in [5.74, 6) is -1.03. The fourth-order valence-electron chi connectivity index (χ4n) is 3.35. The molecule has 0 N–H and O–H groups in total. The molecule has 29 heavy (non-hydrogen) atoms. The van der Waals surface area contributed by atoms with Crippen LogP contribution in [0.1, 0.15) is 12.5 Å². The van der Waals surface area contributed by atoms with Gasteiger partial charge in [-0.15, -0.1) is 0 Å². The van der Waals surface area contributed by atoms with E-state index in [-0.39, 0.29) is 24.0 Å². The van der Waals surface area contributed by atoms with E-state index < -0.39 is 5.82 Å². The minimum absolute atomic E-state index is 0.137. The highest BCUT2D eigenvalue weighted by Gasteiger charge is 2.25. The Bertz CT molecular complexity index is 861. The Labute approximate surface area is 171 Å². The van der Waals surface area contributed by atoms with Crippen LogP contribution in [0.3, 0.4) is 0 Å². The third-order valence-electron chi connectivity index (χ3n) is 5.02. The highest BCUT2D eigenvalue weighted by atomic mass is 19.1. The van der Waals surface area contributed by atoms with Crippen molar-refractivity contribution in [1.82, 2.24) is 9.80 Å². The molecule has 1 saturated heterocycles. The van der Waals surface area contributed by atoms with Gasteiger partial charge in [0.1, 0.15) is 12.4 Å². The second-order valence-corrected chi connectivity index (χ2v) is 7.05. The zero-order valence-corrected chi connectivity index (χ0v) is 16.6. The van der Waals surface area contributed by atoms with Crippen LogP contribution in [0.5, 0.6) is 0 Å². The van der Waals surface area contributed by atoms with Crippen molar-refractivity contribution < 1.29 is 14.0 Å². The predicted molar refractivity (Wildman–Crippen MR) is 113 cm³/mol. The van der Waals surface area contributed by atoms with Crippen molar-refractivity contribution in [3.63, 3.8) is 0 Å². The summed E-state index contributed by atoms with van der Waals surface area (Å²) in [6, 6.07) is 16.1. The van der Waals surface area contributed by atoms with Gasteiger partial charge in [0.05, 0.1) is 5.69 Å². The van der Waals surface area contributed by atoms with Crippen LogP contribution in [0.2, 0.25) is 0 Å². The van der Waals surface area contributed by atoms with Crippen LogP contribution in [0, 0.1) is 5.82 Å². The van der Waals surface area contributed by atoms with Gasteiger partial charge in [-0.25, -0.2) is 4.39 Å². The first kappa shape index (κ1) is 20.7. The van der Waals surface area contributed by atoms with Gasteiger partial charge >= 0.3 is 0 Å². The van der Waals surface area contributed by atoms with Gasteiger partial charge in [0.2, 0.25) is 11.8 Å². The molecule has 1 aliphatic rings. The first-order valence-electron chi connectivity index (χ1n) is 9.79. The van der Waals surface area contributed by atoms with Crippen LogP contribution in [0.4, 0.5) is 10.1 Å². The van der Waals surface area contributed by atoms with E-state index in [0.29, 0.717) is 13.1 Å². The lowest BCUT2D eigenvalue weighted by Crippen LogP contribution is -2.51. The monoisotopic (exact) mass is 395 g/mol. The van der Waals surface area contributed by atoms with Crippen molar-refractivity contribution in [3.05, 3.63) is 72.1 Å². The summed E-state index contributed by atoms with van der Waals surface area (Å²) in [5, 5.41) is 0. The number of nitrogens with zero attached hydrogens (tertiary/aromatic N) is 3. The van der Waals surface area contributed by atoms with Gasteiger partial charge in [-0.1, -0.05) is 54.6 Å². The molecule has 0 spiro atoms. The van der Waals surface area contributed by atoms with Crippen molar-refractivity contribution in [2.24, 2.45) is 0 Å². The summed E-state index contributed by atoms with van der Waals surface area (Å²) < 4.78 is 14.1. The van der Waals surface area contributed by atoms with Gasteiger partial charge in [0, 0.05) is 39.6 Å². The second-order valence-electron chi connectivity index (χ2n) is 7.05. The number of piperazine rings is 1. The quantitative estimate of drug-likeness (QED) is 0.755. The highest BCUT2D eigenvalue weighted by Crippen LogP contribution is 2.19. The Morgan fingerprint density at radius 2 is 1.66 bits per heavy atom. The standard InChI is InChI=1S/C23H26FN3O2/c1-19(28)27(22-12-6-5-11-21(22)24)18-23(29)26-16-14-25(15-17-26)13-7-10-20-8-3-2-4-9-20/h2-12H,13-18H2,1H3/b10-7+. The molecule has 0 radical (unpaired) electrons. The number of benzene rings is 2. The molecule has 0 unspecified atom stereocenters. The number of carbonyl (C=O) groups excluding carboxylic acids is 2. The fourth-order valence-corrected chi connectivity index (χ4v) is 3.35. The average Bonchev–Trinajstić information content (AvgIpc) is 2.73. The number of para-hydroxylation sites is 1. The predicted octanol–water partition coefficient (Wildman–Crippen LogP) is 3.04. The maximum atomic E-state index is 14.1. The van der Waals surface area contributed by atoms with Crippen LogP contribution in [0.25, 0.3) is 6.08 Å². The molecule has 0 bridgehead atoms. The minimum Gasteiger partial charge on any atom is -0.339 e. The van der Waals surface area contributed by atoms with E-state index in [2.05, 4.69) is 29.2 Å². The molecule has 152 valence electrons. The average molecular weight is 395 g/mol. The van der Waals surface area contributed by atoms with E-state index in [1.807, 2.05) is 18.2 Å². The van der Waals surface area contributed by atoms with Gasteiger partial charge in [-0.3, -0.25) is 14.5 Å². The largest absolute Gasteiger partial charge is 0.339 e. The van der Waals surface area contributed by atoms with E-state index in [4.69, 9.17) is 0 Å². The molecule has 2 aromatic rings. The van der Waals surface area contributed by atoms with Crippen molar-refractivity contribution in [2.75, 3.05) is 44.2 Å². The fraction of sp³-hybridized carbons (Fsp3) is 0.304. The molecule has 0 aromatic heterocycles. The maximum absolute atomic E-state index is 14.1. The lowest BCUT2D eigenvalue weighted by molar-refractivity contribution is -0.132. The Kier molecular flexibility index (Phi) is 7.14. The number of rotatable bonds is 6. The van der Waals surface area contributed by atoms with E-state index >= 15 is 0 Å². The van der Waals surface area contributed by atoms with Crippen LogP contribution in [0.15, 0.2) is 60.7 Å².